The molecule has 2 rings (SSSR count). The SMILES string of the molecule is CC(C)(C)CNC(=O)NCC(Cc1ccccc1)N1CCCC1. The number of benzene rings is 1. The van der Waals surface area contributed by atoms with Gasteiger partial charge in [-0.3, -0.25) is 4.90 Å². The van der Waals surface area contributed by atoms with Crippen molar-refractivity contribution in [2.24, 2.45) is 5.41 Å². The van der Waals surface area contributed by atoms with Gasteiger partial charge >= 0.3 is 6.03 Å². The number of likely N-dealkylation sites (tertiary alicyclic amines) is 1. The van der Waals surface area contributed by atoms with Gasteiger partial charge in [0, 0.05) is 19.1 Å². The predicted octanol–water partition coefficient (Wildman–Crippen LogP) is 3.04. The molecule has 23 heavy (non-hydrogen) atoms. The Morgan fingerprint density at radius 3 is 2.39 bits per heavy atom. The summed E-state index contributed by atoms with van der Waals surface area (Å²) in [6.07, 6.45) is 3.52. The lowest BCUT2D eigenvalue weighted by atomic mass is 9.97. The molecule has 128 valence electrons. The lowest BCUT2D eigenvalue weighted by molar-refractivity contribution is 0.216. The molecule has 1 aromatic carbocycles. The van der Waals surface area contributed by atoms with Crippen LogP contribution in [-0.4, -0.2) is 43.2 Å². The molecule has 0 saturated carbocycles. The van der Waals surface area contributed by atoms with Gasteiger partial charge < -0.3 is 10.6 Å². The molecule has 1 unspecified atom stereocenters. The Hall–Kier alpha value is -1.55. The van der Waals surface area contributed by atoms with Gasteiger partial charge in [0.15, 0.2) is 0 Å². The van der Waals surface area contributed by atoms with Crippen molar-refractivity contribution in [2.75, 3.05) is 26.2 Å². The maximum atomic E-state index is 12.0. The number of hydrogen-bond donors (Lipinski definition) is 2. The second-order valence-electron chi connectivity index (χ2n) is 7.71. The topological polar surface area (TPSA) is 44.4 Å². The van der Waals surface area contributed by atoms with Crippen LogP contribution in [0, 0.1) is 5.41 Å². The zero-order chi connectivity index (χ0) is 16.7. The van der Waals surface area contributed by atoms with Crippen molar-refractivity contribution in [2.45, 2.75) is 46.1 Å². The fourth-order valence-electron chi connectivity index (χ4n) is 2.94. The molecular formula is C19H31N3O. The number of rotatable bonds is 6. The molecule has 1 aliphatic rings. The highest BCUT2D eigenvalue weighted by Crippen LogP contribution is 2.15. The van der Waals surface area contributed by atoms with Crippen molar-refractivity contribution >= 4 is 6.03 Å². The maximum Gasteiger partial charge on any atom is 0.314 e. The highest BCUT2D eigenvalue weighted by Gasteiger charge is 2.23. The monoisotopic (exact) mass is 317 g/mol. The van der Waals surface area contributed by atoms with E-state index in [-0.39, 0.29) is 11.4 Å². The number of carbonyl (C=O) groups is 1. The fourth-order valence-corrected chi connectivity index (χ4v) is 2.94. The third-order valence-electron chi connectivity index (χ3n) is 4.25. The van der Waals surface area contributed by atoms with Gasteiger partial charge in [-0.05, 0) is 43.3 Å². The molecule has 4 nitrogen and oxygen atoms in total. The van der Waals surface area contributed by atoms with E-state index in [2.05, 4.69) is 60.6 Å². The van der Waals surface area contributed by atoms with Crippen molar-refractivity contribution in [3.05, 3.63) is 35.9 Å². The summed E-state index contributed by atoms with van der Waals surface area (Å²) < 4.78 is 0. The van der Waals surface area contributed by atoms with Crippen LogP contribution < -0.4 is 10.6 Å². The van der Waals surface area contributed by atoms with Crippen LogP contribution in [0.3, 0.4) is 0 Å². The van der Waals surface area contributed by atoms with E-state index in [9.17, 15) is 4.79 Å². The lowest BCUT2D eigenvalue weighted by Gasteiger charge is -2.28. The third kappa shape index (κ3) is 6.61. The van der Waals surface area contributed by atoms with Crippen LogP contribution in [0.5, 0.6) is 0 Å². The minimum absolute atomic E-state index is 0.0582. The largest absolute Gasteiger partial charge is 0.338 e. The average Bonchev–Trinajstić information content (AvgIpc) is 3.04. The Labute approximate surface area is 140 Å². The first-order chi connectivity index (χ1) is 10.9. The van der Waals surface area contributed by atoms with Gasteiger partial charge in [-0.25, -0.2) is 4.79 Å². The third-order valence-corrected chi connectivity index (χ3v) is 4.25. The Morgan fingerprint density at radius 1 is 1.13 bits per heavy atom. The molecule has 1 heterocycles. The number of hydrogen-bond acceptors (Lipinski definition) is 2. The van der Waals surface area contributed by atoms with Gasteiger partial charge in [0.25, 0.3) is 0 Å². The van der Waals surface area contributed by atoms with E-state index in [1.807, 2.05) is 6.07 Å². The molecule has 1 aliphatic heterocycles. The van der Waals surface area contributed by atoms with Crippen LogP contribution in [0.15, 0.2) is 30.3 Å². The quantitative estimate of drug-likeness (QED) is 0.847. The van der Waals surface area contributed by atoms with Crippen LogP contribution >= 0.6 is 0 Å². The van der Waals surface area contributed by atoms with E-state index in [0.717, 1.165) is 19.5 Å². The van der Waals surface area contributed by atoms with E-state index in [0.29, 0.717) is 19.1 Å². The van der Waals surface area contributed by atoms with E-state index in [1.165, 1.54) is 18.4 Å². The van der Waals surface area contributed by atoms with Crippen molar-refractivity contribution < 1.29 is 4.79 Å². The second kappa shape index (κ2) is 8.34. The van der Waals surface area contributed by atoms with Crippen molar-refractivity contribution in [3.8, 4) is 0 Å². The molecule has 0 radical (unpaired) electrons. The Morgan fingerprint density at radius 2 is 1.78 bits per heavy atom. The van der Waals surface area contributed by atoms with Crippen molar-refractivity contribution in [1.82, 2.24) is 15.5 Å². The van der Waals surface area contributed by atoms with E-state index < -0.39 is 0 Å². The molecule has 1 atom stereocenters. The number of urea groups is 1. The van der Waals surface area contributed by atoms with Crippen molar-refractivity contribution in [3.63, 3.8) is 0 Å². The second-order valence-corrected chi connectivity index (χ2v) is 7.71. The molecule has 1 aromatic rings. The van der Waals surface area contributed by atoms with Crippen LogP contribution in [0.1, 0.15) is 39.2 Å². The Balaban J connectivity index is 1.86. The molecule has 4 heteroatoms. The molecular weight excluding hydrogens is 286 g/mol. The highest BCUT2D eigenvalue weighted by molar-refractivity contribution is 5.73. The summed E-state index contributed by atoms with van der Waals surface area (Å²) in [6, 6.07) is 10.9. The summed E-state index contributed by atoms with van der Waals surface area (Å²) in [6.45, 7) is 10.0. The van der Waals surface area contributed by atoms with Gasteiger partial charge in [-0.2, -0.15) is 0 Å². The maximum absolute atomic E-state index is 12.0. The first-order valence-corrected chi connectivity index (χ1v) is 8.74. The average molecular weight is 317 g/mol. The molecule has 1 saturated heterocycles. The first kappa shape index (κ1) is 17.8. The highest BCUT2D eigenvalue weighted by atomic mass is 16.2. The molecule has 0 bridgehead atoms. The zero-order valence-electron chi connectivity index (χ0n) is 14.8. The van der Waals surface area contributed by atoms with Gasteiger partial charge in [0.2, 0.25) is 0 Å². The zero-order valence-corrected chi connectivity index (χ0v) is 14.8. The molecule has 2 N–H and O–H groups in total. The summed E-state index contributed by atoms with van der Waals surface area (Å²) in [5.41, 5.74) is 1.44. The summed E-state index contributed by atoms with van der Waals surface area (Å²) in [5, 5.41) is 6.02. The number of carbonyl (C=O) groups excluding carboxylic acids is 1. The normalized spacial score (nSPS) is 17.0. The predicted molar refractivity (Wildman–Crippen MR) is 95.6 cm³/mol. The summed E-state index contributed by atoms with van der Waals surface area (Å²) >= 11 is 0. The van der Waals surface area contributed by atoms with Crippen LogP contribution in [0.4, 0.5) is 4.79 Å². The van der Waals surface area contributed by atoms with Gasteiger partial charge in [-0.15, -0.1) is 0 Å². The Kier molecular flexibility index (Phi) is 6.46. The van der Waals surface area contributed by atoms with Gasteiger partial charge in [0.1, 0.15) is 0 Å². The van der Waals surface area contributed by atoms with Crippen molar-refractivity contribution in [1.29, 1.82) is 0 Å². The van der Waals surface area contributed by atoms with E-state index >= 15 is 0 Å². The van der Waals surface area contributed by atoms with E-state index in [4.69, 9.17) is 0 Å². The van der Waals surface area contributed by atoms with Gasteiger partial charge in [0.05, 0.1) is 0 Å². The summed E-state index contributed by atoms with van der Waals surface area (Å²) in [7, 11) is 0. The number of nitrogens with one attached hydrogen (secondary N) is 2. The molecule has 0 aliphatic carbocycles. The number of amides is 2. The standard InChI is InChI=1S/C19H31N3O/c1-19(2,3)15-21-18(23)20-14-17(22-11-7-8-12-22)13-16-9-5-4-6-10-16/h4-6,9-10,17H,7-8,11-15H2,1-3H3,(H2,20,21,23). The van der Waals surface area contributed by atoms with Crippen LogP contribution in [-0.2, 0) is 6.42 Å². The first-order valence-electron chi connectivity index (χ1n) is 8.74. The van der Waals surface area contributed by atoms with E-state index in [1.54, 1.807) is 0 Å². The Bertz CT molecular complexity index is 475. The minimum Gasteiger partial charge on any atom is -0.338 e. The number of nitrogens with zero attached hydrogens (tertiary/aromatic N) is 1. The van der Waals surface area contributed by atoms with Crippen LogP contribution in [0.25, 0.3) is 0 Å². The minimum atomic E-state index is -0.0582. The van der Waals surface area contributed by atoms with Crippen LogP contribution in [0.2, 0.25) is 0 Å². The summed E-state index contributed by atoms with van der Waals surface area (Å²) in [5.74, 6) is 0. The summed E-state index contributed by atoms with van der Waals surface area (Å²) in [4.78, 5) is 14.5. The smallest absolute Gasteiger partial charge is 0.314 e. The molecule has 0 spiro atoms. The molecule has 0 aromatic heterocycles. The fraction of sp³-hybridized carbons (Fsp3) is 0.632. The van der Waals surface area contributed by atoms with Gasteiger partial charge in [-0.1, -0.05) is 51.1 Å². The molecule has 2 amide bonds. The molecule has 1 fully saturated rings. The lowest BCUT2D eigenvalue weighted by Crippen LogP contribution is -2.47.